The fraction of sp³-hybridized carbons (Fsp3) is 0.667. The fourth-order valence-corrected chi connectivity index (χ4v) is 3.20. The van der Waals surface area contributed by atoms with Crippen LogP contribution in [0.2, 0.25) is 0 Å². The molecule has 0 saturated carbocycles. The van der Waals surface area contributed by atoms with Crippen LogP contribution in [0, 0.1) is 5.92 Å². The number of likely N-dealkylation sites (tertiary alicyclic amines) is 1. The predicted octanol–water partition coefficient (Wildman–Crippen LogP) is 2.53. The van der Waals surface area contributed by atoms with E-state index in [2.05, 4.69) is 24.1 Å². The molecular weight excluding hydrogens is 256 g/mol. The number of hydrogen-bond acceptors (Lipinski definition) is 3. The maximum atomic E-state index is 11.8. The van der Waals surface area contributed by atoms with Gasteiger partial charge in [0.15, 0.2) is 0 Å². The molecule has 0 bridgehead atoms. The molecule has 1 aromatic heterocycles. The molecule has 1 aliphatic rings. The highest BCUT2D eigenvalue weighted by molar-refractivity contribution is 7.10. The molecule has 1 fully saturated rings. The van der Waals surface area contributed by atoms with Gasteiger partial charge in [-0.3, -0.25) is 9.69 Å². The van der Waals surface area contributed by atoms with E-state index in [1.807, 2.05) is 17.5 Å². The molecule has 4 heteroatoms. The van der Waals surface area contributed by atoms with Crippen LogP contribution in [0.15, 0.2) is 17.5 Å². The zero-order chi connectivity index (χ0) is 13.7. The van der Waals surface area contributed by atoms with Gasteiger partial charge in [0.05, 0.1) is 6.42 Å². The molecule has 1 atom stereocenters. The fourth-order valence-electron chi connectivity index (χ4n) is 2.49. The normalized spacial score (nSPS) is 19.3. The number of piperidine rings is 1. The van der Waals surface area contributed by atoms with Crippen LogP contribution in [0.25, 0.3) is 0 Å². The molecule has 19 heavy (non-hydrogen) atoms. The largest absolute Gasteiger partial charge is 0.354 e. The van der Waals surface area contributed by atoms with Gasteiger partial charge in [-0.05, 0) is 50.2 Å². The molecule has 0 spiro atoms. The number of rotatable bonds is 5. The van der Waals surface area contributed by atoms with Crippen LogP contribution < -0.4 is 5.32 Å². The first kappa shape index (κ1) is 14.5. The van der Waals surface area contributed by atoms with Crippen molar-refractivity contribution in [3.63, 3.8) is 0 Å². The molecule has 2 rings (SSSR count). The van der Waals surface area contributed by atoms with Crippen LogP contribution in [-0.4, -0.2) is 36.5 Å². The van der Waals surface area contributed by atoms with Gasteiger partial charge in [-0.15, -0.1) is 11.3 Å². The molecule has 0 aliphatic carbocycles. The lowest BCUT2D eigenvalue weighted by atomic mass is 9.98. The van der Waals surface area contributed by atoms with E-state index in [9.17, 15) is 4.79 Å². The van der Waals surface area contributed by atoms with Gasteiger partial charge in [-0.1, -0.05) is 13.0 Å². The molecule has 1 aliphatic heterocycles. The van der Waals surface area contributed by atoms with Gasteiger partial charge in [-0.25, -0.2) is 0 Å². The van der Waals surface area contributed by atoms with E-state index in [4.69, 9.17) is 0 Å². The Morgan fingerprint density at radius 3 is 2.89 bits per heavy atom. The number of nitrogens with zero attached hydrogens (tertiary/aromatic N) is 1. The number of carbonyl (C=O) groups is 1. The zero-order valence-corrected chi connectivity index (χ0v) is 12.7. The van der Waals surface area contributed by atoms with Crippen molar-refractivity contribution >= 4 is 17.2 Å². The number of carbonyl (C=O) groups excluding carboxylic acids is 1. The molecule has 1 aromatic rings. The summed E-state index contributed by atoms with van der Waals surface area (Å²) in [7, 11) is 0. The third kappa shape index (κ3) is 4.62. The Hall–Kier alpha value is -0.870. The minimum atomic E-state index is 0.139. The standard InChI is InChI=1S/C15H24N2OS/c1-12-5-7-17(8-6-12)13(2)11-16-15(18)10-14-4-3-9-19-14/h3-4,9,12-13H,5-8,10-11H2,1-2H3,(H,16,18). The van der Waals surface area contributed by atoms with Gasteiger partial charge in [-0.2, -0.15) is 0 Å². The highest BCUT2D eigenvalue weighted by Gasteiger charge is 2.20. The second-order valence-corrected chi connectivity index (χ2v) is 6.66. The predicted molar refractivity (Wildman–Crippen MR) is 80.5 cm³/mol. The van der Waals surface area contributed by atoms with E-state index in [-0.39, 0.29) is 5.91 Å². The van der Waals surface area contributed by atoms with Crippen molar-refractivity contribution in [3.8, 4) is 0 Å². The summed E-state index contributed by atoms with van der Waals surface area (Å²) in [5, 5.41) is 5.07. The van der Waals surface area contributed by atoms with E-state index < -0.39 is 0 Å². The topological polar surface area (TPSA) is 32.3 Å². The van der Waals surface area contributed by atoms with Crippen molar-refractivity contribution in [1.29, 1.82) is 0 Å². The number of nitrogens with one attached hydrogen (secondary N) is 1. The van der Waals surface area contributed by atoms with Crippen molar-refractivity contribution < 1.29 is 4.79 Å². The zero-order valence-electron chi connectivity index (χ0n) is 11.9. The molecule has 1 saturated heterocycles. The molecule has 0 aromatic carbocycles. The summed E-state index contributed by atoms with van der Waals surface area (Å²) in [6.45, 7) is 7.64. The van der Waals surface area contributed by atoms with Crippen LogP contribution in [0.1, 0.15) is 31.6 Å². The van der Waals surface area contributed by atoms with Gasteiger partial charge in [0.1, 0.15) is 0 Å². The second-order valence-electron chi connectivity index (χ2n) is 5.63. The van der Waals surface area contributed by atoms with E-state index >= 15 is 0 Å². The maximum Gasteiger partial charge on any atom is 0.225 e. The van der Waals surface area contributed by atoms with E-state index in [0.717, 1.165) is 17.3 Å². The van der Waals surface area contributed by atoms with Gasteiger partial charge >= 0.3 is 0 Å². The molecule has 106 valence electrons. The van der Waals surface area contributed by atoms with Crippen molar-refractivity contribution in [2.45, 2.75) is 39.2 Å². The van der Waals surface area contributed by atoms with Crippen molar-refractivity contribution in [1.82, 2.24) is 10.2 Å². The van der Waals surface area contributed by atoms with Crippen molar-refractivity contribution in [3.05, 3.63) is 22.4 Å². The lowest BCUT2D eigenvalue weighted by Gasteiger charge is -2.35. The minimum absolute atomic E-state index is 0.139. The summed E-state index contributed by atoms with van der Waals surface area (Å²) in [6, 6.07) is 4.45. The van der Waals surface area contributed by atoms with Crippen LogP contribution >= 0.6 is 11.3 Å². The Morgan fingerprint density at radius 2 is 2.26 bits per heavy atom. The Bertz CT molecular complexity index is 383. The summed E-state index contributed by atoms with van der Waals surface area (Å²) < 4.78 is 0. The number of thiophene rings is 1. The number of hydrogen-bond donors (Lipinski definition) is 1. The van der Waals surface area contributed by atoms with Gasteiger partial charge in [0.2, 0.25) is 5.91 Å². The van der Waals surface area contributed by atoms with Crippen LogP contribution in [-0.2, 0) is 11.2 Å². The second kappa shape index (κ2) is 7.06. The summed E-state index contributed by atoms with van der Waals surface area (Å²) >= 11 is 1.64. The molecule has 1 N–H and O–H groups in total. The van der Waals surface area contributed by atoms with E-state index in [1.54, 1.807) is 11.3 Å². The van der Waals surface area contributed by atoms with Gasteiger partial charge in [0.25, 0.3) is 0 Å². The molecule has 1 unspecified atom stereocenters. The van der Waals surface area contributed by atoms with Gasteiger partial charge in [0, 0.05) is 17.5 Å². The third-order valence-corrected chi connectivity index (χ3v) is 4.83. The molecule has 0 radical (unpaired) electrons. The maximum absolute atomic E-state index is 11.8. The van der Waals surface area contributed by atoms with E-state index in [0.29, 0.717) is 12.5 Å². The minimum Gasteiger partial charge on any atom is -0.354 e. The Kier molecular flexibility index (Phi) is 5.40. The van der Waals surface area contributed by atoms with Crippen LogP contribution in [0.5, 0.6) is 0 Å². The van der Waals surface area contributed by atoms with Crippen molar-refractivity contribution in [2.75, 3.05) is 19.6 Å². The lowest BCUT2D eigenvalue weighted by Crippen LogP contribution is -2.45. The summed E-state index contributed by atoms with van der Waals surface area (Å²) in [6.07, 6.45) is 3.09. The monoisotopic (exact) mass is 280 g/mol. The summed E-state index contributed by atoms with van der Waals surface area (Å²) in [4.78, 5) is 15.5. The first-order valence-electron chi connectivity index (χ1n) is 7.18. The summed E-state index contributed by atoms with van der Waals surface area (Å²) in [5.41, 5.74) is 0. The molecule has 1 amide bonds. The SMILES string of the molecule is CC1CCN(C(C)CNC(=O)Cc2cccs2)CC1. The van der Waals surface area contributed by atoms with E-state index in [1.165, 1.54) is 25.9 Å². The van der Waals surface area contributed by atoms with Crippen LogP contribution in [0.4, 0.5) is 0 Å². The Balaban J connectivity index is 1.68. The average molecular weight is 280 g/mol. The quantitative estimate of drug-likeness (QED) is 0.899. The van der Waals surface area contributed by atoms with Crippen molar-refractivity contribution in [2.24, 2.45) is 5.92 Å². The van der Waals surface area contributed by atoms with Crippen LogP contribution in [0.3, 0.4) is 0 Å². The molecule has 3 nitrogen and oxygen atoms in total. The first-order valence-corrected chi connectivity index (χ1v) is 8.06. The molecule has 2 heterocycles. The van der Waals surface area contributed by atoms with Gasteiger partial charge < -0.3 is 5.32 Å². The Morgan fingerprint density at radius 1 is 1.53 bits per heavy atom. The third-order valence-electron chi connectivity index (χ3n) is 3.95. The molecular formula is C15H24N2OS. The highest BCUT2D eigenvalue weighted by atomic mass is 32.1. The number of amides is 1. The average Bonchev–Trinajstić information content (AvgIpc) is 2.89. The smallest absolute Gasteiger partial charge is 0.225 e. The summed E-state index contributed by atoms with van der Waals surface area (Å²) in [5.74, 6) is 0.997. The first-order chi connectivity index (χ1) is 9.15. The highest BCUT2D eigenvalue weighted by Crippen LogP contribution is 2.17. The Labute approximate surface area is 120 Å². The lowest BCUT2D eigenvalue weighted by molar-refractivity contribution is -0.120.